The number of rotatable bonds is 3. The Morgan fingerprint density at radius 3 is 2.91 bits per heavy atom. The van der Waals surface area contributed by atoms with Crippen LogP contribution in [-0.2, 0) is 4.79 Å². The number of likely N-dealkylation sites (N-methyl/N-ethyl adjacent to an activating group) is 1. The fourth-order valence-corrected chi connectivity index (χ4v) is 4.51. The van der Waals surface area contributed by atoms with Crippen molar-refractivity contribution in [3.8, 4) is 0 Å². The largest absolute Gasteiger partial charge is 0.302 e. The molecule has 2 aliphatic heterocycles. The molecule has 0 aliphatic carbocycles. The number of nitrogens with one attached hydrogen (secondary N) is 1. The third-order valence-corrected chi connectivity index (χ3v) is 5.73. The van der Waals surface area contributed by atoms with Crippen LogP contribution in [0.5, 0.6) is 0 Å². The number of aryl methyl sites for hydroxylation is 1. The number of likely N-dealkylation sites (tertiary alicyclic amines) is 2. The van der Waals surface area contributed by atoms with Crippen LogP contribution in [-0.4, -0.2) is 59.5 Å². The number of nitrogens with zero attached hydrogens (tertiary/aromatic N) is 3. The molecule has 22 heavy (non-hydrogen) atoms. The van der Waals surface area contributed by atoms with E-state index in [9.17, 15) is 4.79 Å². The van der Waals surface area contributed by atoms with Gasteiger partial charge >= 0.3 is 0 Å². The predicted octanol–water partition coefficient (Wildman–Crippen LogP) is 2.34. The quantitative estimate of drug-likeness (QED) is 0.928. The van der Waals surface area contributed by atoms with E-state index < -0.39 is 0 Å². The summed E-state index contributed by atoms with van der Waals surface area (Å²) in [6, 6.07) is 1.15. The molecule has 2 aliphatic rings. The normalized spacial score (nSPS) is 27.2. The van der Waals surface area contributed by atoms with E-state index in [1.807, 2.05) is 6.92 Å². The Morgan fingerprint density at radius 2 is 2.14 bits per heavy atom. The third kappa shape index (κ3) is 3.67. The lowest BCUT2D eigenvalue weighted by molar-refractivity contribution is -0.118. The lowest BCUT2D eigenvalue weighted by Crippen LogP contribution is -2.55. The van der Waals surface area contributed by atoms with E-state index in [4.69, 9.17) is 0 Å². The average Bonchev–Trinajstić information content (AvgIpc) is 2.78. The second kappa shape index (κ2) is 7.06. The lowest BCUT2D eigenvalue weighted by Gasteiger charge is -2.43. The maximum atomic E-state index is 12.3. The highest BCUT2D eigenvalue weighted by molar-refractivity contribution is 7.15. The van der Waals surface area contributed by atoms with Crippen molar-refractivity contribution >= 4 is 22.4 Å². The van der Waals surface area contributed by atoms with Crippen LogP contribution in [0.1, 0.15) is 37.0 Å². The van der Waals surface area contributed by atoms with E-state index in [-0.39, 0.29) is 5.91 Å². The van der Waals surface area contributed by atoms with Gasteiger partial charge in [-0.3, -0.25) is 9.69 Å². The summed E-state index contributed by atoms with van der Waals surface area (Å²) in [5.41, 5.74) is 0. The van der Waals surface area contributed by atoms with Gasteiger partial charge in [-0.2, -0.15) is 0 Å². The molecule has 2 atom stereocenters. The first-order chi connectivity index (χ1) is 10.6. The van der Waals surface area contributed by atoms with Gasteiger partial charge < -0.3 is 10.2 Å². The van der Waals surface area contributed by atoms with E-state index >= 15 is 0 Å². The van der Waals surface area contributed by atoms with Crippen molar-refractivity contribution in [3.63, 3.8) is 0 Å². The Hall–Kier alpha value is -0.980. The Labute approximate surface area is 136 Å². The molecule has 1 N–H and O–H groups in total. The Balaban J connectivity index is 1.61. The first-order valence-electron chi connectivity index (χ1n) is 8.30. The average molecular weight is 322 g/mol. The van der Waals surface area contributed by atoms with Crippen molar-refractivity contribution in [2.75, 3.05) is 32.0 Å². The van der Waals surface area contributed by atoms with Gasteiger partial charge in [0.15, 0.2) is 5.13 Å². The number of fused-ring (bicyclic) bond motifs is 1. The van der Waals surface area contributed by atoms with Gasteiger partial charge in [-0.05, 0) is 52.7 Å². The van der Waals surface area contributed by atoms with Gasteiger partial charge in [0.25, 0.3) is 0 Å². The van der Waals surface area contributed by atoms with Gasteiger partial charge in [0.2, 0.25) is 5.91 Å². The summed E-state index contributed by atoms with van der Waals surface area (Å²) >= 11 is 1.53. The molecule has 1 aromatic heterocycles. The summed E-state index contributed by atoms with van der Waals surface area (Å²) < 4.78 is 0. The molecular weight excluding hydrogens is 296 g/mol. The molecule has 0 spiro atoms. The summed E-state index contributed by atoms with van der Waals surface area (Å²) in [5, 5.41) is 3.66. The highest BCUT2D eigenvalue weighted by Crippen LogP contribution is 2.28. The van der Waals surface area contributed by atoms with Crippen LogP contribution in [0, 0.1) is 6.92 Å². The molecule has 3 heterocycles. The number of piperidine rings is 1. The fourth-order valence-electron chi connectivity index (χ4n) is 3.83. The minimum absolute atomic E-state index is 0.0712. The standard InChI is InChI=1S/C16H26N4OS/c1-12-10-17-16(22-12)18-15(21)11-20-9-5-7-13-14(20)6-3-4-8-19(13)2/h10,13-14H,3-9,11H2,1-2H3,(H,17,18,21)/t13-,14-/m1/s1. The summed E-state index contributed by atoms with van der Waals surface area (Å²) in [7, 11) is 2.24. The summed E-state index contributed by atoms with van der Waals surface area (Å²) in [6.45, 7) is 4.73. The van der Waals surface area contributed by atoms with E-state index in [0.29, 0.717) is 23.8 Å². The SMILES string of the molecule is Cc1cnc(NC(=O)CN2CCC[C@@H]3[C@H]2CCCCN3C)s1. The zero-order chi connectivity index (χ0) is 15.5. The van der Waals surface area contributed by atoms with Gasteiger partial charge in [-0.25, -0.2) is 4.98 Å². The smallest absolute Gasteiger partial charge is 0.240 e. The van der Waals surface area contributed by atoms with Crippen LogP contribution < -0.4 is 5.32 Å². The molecule has 0 bridgehead atoms. The second-order valence-corrected chi connectivity index (χ2v) is 7.78. The first kappa shape index (κ1) is 15.9. The maximum absolute atomic E-state index is 12.3. The van der Waals surface area contributed by atoms with Crippen LogP contribution in [0.2, 0.25) is 0 Å². The lowest BCUT2D eigenvalue weighted by atomic mass is 9.92. The predicted molar refractivity (Wildman–Crippen MR) is 90.3 cm³/mol. The molecule has 2 fully saturated rings. The molecular formula is C16H26N4OS. The van der Waals surface area contributed by atoms with E-state index in [1.165, 1.54) is 50.0 Å². The molecule has 0 aromatic carbocycles. The summed E-state index contributed by atoms with van der Waals surface area (Å²) in [4.78, 5) is 22.6. The molecule has 2 saturated heterocycles. The minimum Gasteiger partial charge on any atom is -0.302 e. The first-order valence-corrected chi connectivity index (χ1v) is 9.12. The van der Waals surface area contributed by atoms with Crippen molar-refractivity contribution in [2.24, 2.45) is 0 Å². The number of hydrogen-bond acceptors (Lipinski definition) is 5. The Morgan fingerprint density at radius 1 is 1.32 bits per heavy atom. The molecule has 0 unspecified atom stereocenters. The number of hydrogen-bond donors (Lipinski definition) is 1. The van der Waals surface area contributed by atoms with Gasteiger partial charge in [0.05, 0.1) is 6.54 Å². The highest BCUT2D eigenvalue weighted by Gasteiger charge is 2.35. The van der Waals surface area contributed by atoms with Gasteiger partial charge in [-0.15, -0.1) is 11.3 Å². The molecule has 122 valence electrons. The monoisotopic (exact) mass is 322 g/mol. The fraction of sp³-hybridized carbons (Fsp3) is 0.750. The van der Waals surface area contributed by atoms with Gasteiger partial charge in [-0.1, -0.05) is 6.42 Å². The number of carbonyl (C=O) groups excluding carboxylic acids is 1. The van der Waals surface area contributed by atoms with Crippen LogP contribution in [0.4, 0.5) is 5.13 Å². The topological polar surface area (TPSA) is 48.5 Å². The van der Waals surface area contributed by atoms with Crippen LogP contribution >= 0.6 is 11.3 Å². The van der Waals surface area contributed by atoms with Crippen molar-refractivity contribution in [1.29, 1.82) is 0 Å². The Bertz CT molecular complexity index is 518. The van der Waals surface area contributed by atoms with Crippen molar-refractivity contribution in [1.82, 2.24) is 14.8 Å². The molecule has 3 rings (SSSR count). The van der Waals surface area contributed by atoms with Crippen molar-refractivity contribution in [2.45, 2.75) is 51.1 Å². The second-order valence-electron chi connectivity index (χ2n) is 6.55. The zero-order valence-electron chi connectivity index (χ0n) is 13.5. The third-order valence-electron chi connectivity index (χ3n) is 4.90. The summed E-state index contributed by atoms with van der Waals surface area (Å²) in [6.07, 6.45) is 8.04. The zero-order valence-corrected chi connectivity index (χ0v) is 14.4. The molecule has 0 radical (unpaired) electrons. The molecule has 6 heteroatoms. The summed E-state index contributed by atoms with van der Waals surface area (Å²) in [5.74, 6) is 0.0712. The number of aromatic nitrogens is 1. The molecule has 1 aromatic rings. The van der Waals surface area contributed by atoms with Crippen LogP contribution in [0.15, 0.2) is 6.20 Å². The van der Waals surface area contributed by atoms with Crippen molar-refractivity contribution in [3.05, 3.63) is 11.1 Å². The van der Waals surface area contributed by atoms with Crippen molar-refractivity contribution < 1.29 is 4.79 Å². The minimum atomic E-state index is 0.0712. The Kier molecular flexibility index (Phi) is 5.10. The number of anilines is 1. The number of thiazole rings is 1. The van der Waals surface area contributed by atoms with Crippen LogP contribution in [0.3, 0.4) is 0 Å². The van der Waals surface area contributed by atoms with Gasteiger partial charge in [0.1, 0.15) is 0 Å². The van der Waals surface area contributed by atoms with Crippen LogP contribution in [0.25, 0.3) is 0 Å². The van der Waals surface area contributed by atoms with Gasteiger partial charge in [0, 0.05) is 23.2 Å². The number of amides is 1. The number of carbonyl (C=O) groups is 1. The van der Waals surface area contributed by atoms with E-state index in [1.54, 1.807) is 6.20 Å². The molecule has 5 nitrogen and oxygen atoms in total. The van der Waals surface area contributed by atoms with E-state index in [2.05, 4.69) is 27.1 Å². The van der Waals surface area contributed by atoms with E-state index in [0.717, 1.165) is 11.4 Å². The highest BCUT2D eigenvalue weighted by atomic mass is 32.1. The molecule has 1 amide bonds. The maximum Gasteiger partial charge on any atom is 0.240 e. The molecule has 0 saturated carbocycles.